The molecule has 1 aliphatic heterocycles. The number of fused-ring (bicyclic) bond motifs is 1. The van der Waals surface area contributed by atoms with Gasteiger partial charge < -0.3 is 20.4 Å². The number of aromatic carboxylic acids is 1. The van der Waals surface area contributed by atoms with Crippen LogP contribution in [0.3, 0.4) is 0 Å². The average molecular weight is 505 g/mol. The number of aliphatic hydroxyl groups is 1. The van der Waals surface area contributed by atoms with Crippen LogP contribution in [0, 0.1) is 5.92 Å². The van der Waals surface area contributed by atoms with Gasteiger partial charge in [0.25, 0.3) is 0 Å². The second kappa shape index (κ2) is 9.45. The van der Waals surface area contributed by atoms with Gasteiger partial charge in [0.2, 0.25) is 0 Å². The lowest BCUT2D eigenvalue weighted by Gasteiger charge is -2.39. The van der Waals surface area contributed by atoms with E-state index in [2.05, 4.69) is 10.3 Å². The molecule has 2 aromatic carbocycles. The zero-order valence-corrected chi connectivity index (χ0v) is 19.8. The standard InChI is InChI=1S/C25H27F3N4O4/c1-15(2)13-24(36)7-9-31(10-8-24)23(35)30-17-11-19(25(26,27)28)21-20(12-17)32(14-29-21)18-5-3-16(4-6-18)22(33)34/h3-6,11-12,14-15,36H,7-10,13H2,1-2H3,(H,30,35)(H,33,34). The van der Waals surface area contributed by atoms with Crippen LogP contribution in [0.25, 0.3) is 16.7 Å². The number of imidazole rings is 1. The second-order valence-electron chi connectivity index (χ2n) is 9.60. The van der Waals surface area contributed by atoms with E-state index in [-0.39, 0.29) is 35.4 Å². The first kappa shape index (κ1) is 25.5. The number of nitrogens with zero attached hydrogens (tertiary/aromatic N) is 3. The lowest BCUT2D eigenvalue weighted by Crippen LogP contribution is -2.48. The van der Waals surface area contributed by atoms with Crippen molar-refractivity contribution in [1.82, 2.24) is 14.5 Å². The lowest BCUT2D eigenvalue weighted by atomic mass is 9.84. The number of carboxylic acid groups (broad SMARTS) is 1. The van der Waals surface area contributed by atoms with Gasteiger partial charge in [0.1, 0.15) is 11.8 Å². The number of hydrogen-bond acceptors (Lipinski definition) is 4. The number of carbonyl (C=O) groups excluding carboxylic acids is 1. The van der Waals surface area contributed by atoms with Crippen LogP contribution in [-0.2, 0) is 6.18 Å². The number of carboxylic acids is 1. The minimum Gasteiger partial charge on any atom is -0.478 e. The Morgan fingerprint density at radius 2 is 1.78 bits per heavy atom. The molecular weight excluding hydrogens is 477 g/mol. The van der Waals surface area contributed by atoms with Gasteiger partial charge in [0.15, 0.2) is 0 Å². The number of hydrogen-bond donors (Lipinski definition) is 3. The van der Waals surface area contributed by atoms with Gasteiger partial charge in [-0.25, -0.2) is 14.6 Å². The Morgan fingerprint density at radius 3 is 2.33 bits per heavy atom. The molecule has 0 spiro atoms. The molecule has 0 aliphatic carbocycles. The van der Waals surface area contributed by atoms with Gasteiger partial charge in [0.05, 0.1) is 22.2 Å². The third kappa shape index (κ3) is 5.30. The number of amides is 2. The zero-order chi connectivity index (χ0) is 26.3. The number of aromatic nitrogens is 2. The molecule has 0 unspecified atom stereocenters. The first-order chi connectivity index (χ1) is 16.9. The molecular formula is C25H27F3N4O4. The first-order valence-electron chi connectivity index (χ1n) is 11.6. The summed E-state index contributed by atoms with van der Waals surface area (Å²) in [5.74, 6) is -0.824. The van der Waals surface area contributed by atoms with Crippen LogP contribution in [0.5, 0.6) is 0 Å². The molecule has 0 radical (unpaired) electrons. The summed E-state index contributed by atoms with van der Waals surface area (Å²) >= 11 is 0. The summed E-state index contributed by atoms with van der Waals surface area (Å²) in [6.07, 6.45) is -2.09. The van der Waals surface area contributed by atoms with Crippen molar-refractivity contribution in [1.29, 1.82) is 0 Å². The Labute approximate surface area is 205 Å². The smallest absolute Gasteiger partial charge is 0.418 e. The van der Waals surface area contributed by atoms with Crippen molar-refractivity contribution in [2.45, 2.75) is 44.9 Å². The molecule has 0 bridgehead atoms. The van der Waals surface area contributed by atoms with Crippen molar-refractivity contribution >= 4 is 28.7 Å². The Morgan fingerprint density at radius 1 is 1.14 bits per heavy atom. The summed E-state index contributed by atoms with van der Waals surface area (Å²) in [6, 6.07) is 7.33. The zero-order valence-electron chi connectivity index (χ0n) is 19.8. The Balaban J connectivity index is 1.63. The van der Waals surface area contributed by atoms with Gasteiger partial charge in [-0.05, 0) is 61.6 Å². The van der Waals surface area contributed by atoms with E-state index in [1.54, 1.807) is 0 Å². The predicted molar refractivity (Wildman–Crippen MR) is 127 cm³/mol. The number of halogens is 3. The largest absolute Gasteiger partial charge is 0.478 e. The molecule has 3 N–H and O–H groups in total. The van der Waals surface area contributed by atoms with E-state index in [0.29, 0.717) is 30.9 Å². The molecule has 2 amide bonds. The van der Waals surface area contributed by atoms with Gasteiger partial charge in [-0.2, -0.15) is 13.2 Å². The number of urea groups is 1. The molecule has 36 heavy (non-hydrogen) atoms. The van der Waals surface area contributed by atoms with Gasteiger partial charge in [-0.15, -0.1) is 0 Å². The molecule has 8 nitrogen and oxygen atoms in total. The molecule has 11 heteroatoms. The second-order valence-corrected chi connectivity index (χ2v) is 9.60. The first-order valence-corrected chi connectivity index (χ1v) is 11.6. The maximum Gasteiger partial charge on any atom is 0.418 e. The third-order valence-corrected chi connectivity index (χ3v) is 6.37. The molecule has 1 aliphatic rings. The van der Waals surface area contributed by atoms with Crippen LogP contribution in [-0.4, -0.2) is 55.4 Å². The van der Waals surface area contributed by atoms with E-state index in [9.17, 15) is 27.9 Å². The quantitative estimate of drug-likeness (QED) is 0.446. The predicted octanol–water partition coefficient (Wildman–Crippen LogP) is 5.15. The molecule has 1 aromatic heterocycles. The molecule has 1 saturated heterocycles. The Kier molecular flexibility index (Phi) is 6.70. The summed E-state index contributed by atoms with van der Waals surface area (Å²) in [5.41, 5.74) is -1.63. The minimum absolute atomic E-state index is 0.0360. The molecule has 4 rings (SSSR count). The van der Waals surface area contributed by atoms with Crippen LogP contribution >= 0.6 is 0 Å². The van der Waals surface area contributed by atoms with Crippen LogP contribution in [0.2, 0.25) is 0 Å². The van der Waals surface area contributed by atoms with Crippen molar-refractivity contribution < 1.29 is 33.0 Å². The third-order valence-electron chi connectivity index (χ3n) is 6.37. The highest BCUT2D eigenvalue weighted by molar-refractivity contribution is 5.94. The van der Waals surface area contributed by atoms with E-state index in [1.165, 1.54) is 46.1 Å². The highest BCUT2D eigenvalue weighted by Gasteiger charge is 2.36. The normalized spacial score (nSPS) is 15.9. The molecule has 3 aromatic rings. The van der Waals surface area contributed by atoms with Crippen molar-refractivity contribution in [2.75, 3.05) is 18.4 Å². The van der Waals surface area contributed by atoms with Gasteiger partial charge in [-0.1, -0.05) is 13.8 Å². The fourth-order valence-corrected chi connectivity index (χ4v) is 4.67. The van der Waals surface area contributed by atoms with Crippen molar-refractivity contribution in [3.05, 3.63) is 53.9 Å². The Hall–Kier alpha value is -3.60. The van der Waals surface area contributed by atoms with Gasteiger partial charge in [0, 0.05) is 24.5 Å². The maximum absolute atomic E-state index is 13.9. The van der Waals surface area contributed by atoms with E-state index in [0.717, 1.165) is 6.07 Å². The van der Waals surface area contributed by atoms with Crippen LogP contribution < -0.4 is 5.32 Å². The SMILES string of the molecule is CC(C)CC1(O)CCN(C(=O)Nc2cc(C(F)(F)F)c3ncn(-c4ccc(C(=O)O)cc4)c3c2)CC1. The van der Waals surface area contributed by atoms with Crippen molar-refractivity contribution in [3.8, 4) is 5.69 Å². The van der Waals surface area contributed by atoms with E-state index < -0.39 is 29.3 Å². The van der Waals surface area contributed by atoms with Crippen molar-refractivity contribution in [3.63, 3.8) is 0 Å². The van der Waals surface area contributed by atoms with Crippen LogP contribution in [0.4, 0.5) is 23.7 Å². The molecule has 2 heterocycles. The number of rotatable bonds is 5. The molecule has 192 valence electrons. The summed E-state index contributed by atoms with van der Waals surface area (Å²) < 4.78 is 43.0. The highest BCUT2D eigenvalue weighted by atomic mass is 19.4. The van der Waals surface area contributed by atoms with Gasteiger partial charge in [-0.3, -0.25) is 4.57 Å². The number of benzene rings is 2. The number of piperidine rings is 1. The Bertz CT molecular complexity index is 1280. The number of anilines is 1. The number of carbonyl (C=O) groups is 2. The van der Waals surface area contributed by atoms with E-state index in [1.807, 2.05) is 13.8 Å². The summed E-state index contributed by atoms with van der Waals surface area (Å²) in [5, 5.41) is 22.4. The van der Waals surface area contributed by atoms with Crippen LogP contribution in [0.15, 0.2) is 42.7 Å². The molecule has 1 fully saturated rings. The lowest BCUT2D eigenvalue weighted by molar-refractivity contribution is -0.136. The van der Waals surface area contributed by atoms with E-state index >= 15 is 0 Å². The summed E-state index contributed by atoms with van der Waals surface area (Å²) in [6.45, 7) is 4.60. The number of likely N-dealkylation sites (tertiary alicyclic amines) is 1. The monoisotopic (exact) mass is 504 g/mol. The molecule has 0 atom stereocenters. The molecule has 0 saturated carbocycles. The maximum atomic E-state index is 13.9. The highest BCUT2D eigenvalue weighted by Crippen LogP contribution is 2.37. The number of alkyl halides is 3. The topological polar surface area (TPSA) is 108 Å². The van der Waals surface area contributed by atoms with E-state index in [4.69, 9.17) is 5.11 Å². The fraction of sp³-hybridized carbons (Fsp3) is 0.400. The summed E-state index contributed by atoms with van der Waals surface area (Å²) in [7, 11) is 0. The number of nitrogens with one attached hydrogen (secondary N) is 1. The average Bonchev–Trinajstić information content (AvgIpc) is 3.21. The summed E-state index contributed by atoms with van der Waals surface area (Å²) in [4.78, 5) is 29.4. The van der Waals surface area contributed by atoms with Crippen LogP contribution in [0.1, 0.15) is 49.0 Å². The minimum atomic E-state index is -4.72. The van der Waals surface area contributed by atoms with Crippen molar-refractivity contribution in [2.24, 2.45) is 5.92 Å². The van der Waals surface area contributed by atoms with Gasteiger partial charge >= 0.3 is 18.2 Å². The fourth-order valence-electron chi connectivity index (χ4n) is 4.67.